The van der Waals surface area contributed by atoms with Crippen molar-refractivity contribution in [3.05, 3.63) is 107 Å². The highest BCUT2D eigenvalue weighted by molar-refractivity contribution is 6.04. The Morgan fingerprint density at radius 1 is 0.781 bits per heavy atom. The monoisotopic (exact) mass is 425 g/mol. The van der Waals surface area contributed by atoms with E-state index in [9.17, 15) is 4.79 Å². The van der Waals surface area contributed by atoms with Crippen LogP contribution in [0.15, 0.2) is 84.9 Å². The van der Waals surface area contributed by atoms with E-state index in [-0.39, 0.29) is 16.7 Å². The van der Waals surface area contributed by atoms with E-state index in [1.165, 1.54) is 11.1 Å². The fourth-order valence-corrected chi connectivity index (χ4v) is 3.73. The van der Waals surface area contributed by atoms with Crippen molar-refractivity contribution in [1.82, 2.24) is 0 Å². The molecular weight excluding hydrogens is 390 g/mol. The number of anilines is 1. The summed E-state index contributed by atoms with van der Waals surface area (Å²) in [5.41, 5.74) is 5.39. The molecule has 166 valence electrons. The van der Waals surface area contributed by atoms with Crippen molar-refractivity contribution in [3.63, 3.8) is 0 Å². The van der Waals surface area contributed by atoms with Gasteiger partial charge < -0.3 is 4.90 Å². The van der Waals surface area contributed by atoms with E-state index in [0.717, 1.165) is 16.8 Å². The van der Waals surface area contributed by atoms with Gasteiger partial charge in [-0.15, -0.1) is 0 Å². The maximum Gasteiger partial charge on any atom is 0.251 e. The fourth-order valence-electron chi connectivity index (χ4n) is 3.73. The first-order valence-electron chi connectivity index (χ1n) is 11.3. The summed E-state index contributed by atoms with van der Waals surface area (Å²) in [6.07, 6.45) is 3.58. The maximum absolute atomic E-state index is 13.6. The van der Waals surface area contributed by atoms with Gasteiger partial charge in [-0.3, -0.25) is 4.79 Å². The van der Waals surface area contributed by atoms with Gasteiger partial charge in [0.1, 0.15) is 0 Å². The Morgan fingerprint density at radius 2 is 1.38 bits per heavy atom. The van der Waals surface area contributed by atoms with Gasteiger partial charge in [0.2, 0.25) is 0 Å². The Hall–Kier alpha value is -3.13. The number of rotatable bonds is 5. The average molecular weight is 426 g/mol. The molecule has 0 spiro atoms. The van der Waals surface area contributed by atoms with Gasteiger partial charge >= 0.3 is 0 Å². The standard InChI is InChI=1S/C30H35NO/c1-29(2,3)25-18-19-26(30(4,5)6)27(21-25)31(22-24-15-11-8-12-16-24)28(32)20-17-23-13-9-7-10-14-23/h7-21H,22H2,1-6H3/b20-17+. The predicted octanol–water partition coefficient (Wildman–Crippen LogP) is 7.53. The molecule has 3 aromatic rings. The third-order valence-electron chi connectivity index (χ3n) is 5.63. The van der Waals surface area contributed by atoms with Gasteiger partial charge in [0.25, 0.3) is 5.91 Å². The van der Waals surface area contributed by atoms with Crippen LogP contribution in [0.2, 0.25) is 0 Å². The molecule has 0 saturated heterocycles. The molecule has 0 radical (unpaired) electrons. The smallest absolute Gasteiger partial charge is 0.251 e. The van der Waals surface area contributed by atoms with Crippen molar-refractivity contribution in [2.75, 3.05) is 4.90 Å². The summed E-state index contributed by atoms with van der Waals surface area (Å²) in [6, 6.07) is 26.8. The van der Waals surface area contributed by atoms with Crippen molar-refractivity contribution in [1.29, 1.82) is 0 Å². The second-order valence-electron chi connectivity index (χ2n) is 10.4. The highest BCUT2D eigenvalue weighted by Crippen LogP contribution is 2.37. The van der Waals surface area contributed by atoms with Crippen LogP contribution in [-0.2, 0) is 22.2 Å². The third-order valence-corrected chi connectivity index (χ3v) is 5.63. The molecule has 0 atom stereocenters. The van der Waals surface area contributed by atoms with Crippen molar-refractivity contribution in [2.45, 2.75) is 58.9 Å². The Kier molecular flexibility index (Phi) is 7.03. The number of nitrogens with zero attached hydrogens (tertiary/aromatic N) is 1. The lowest BCUT2D eigenvalue weighted by Crippen LogP contribution is -2.32. The molecule has 3 rings (SSSR count). The molecule has 0 heterocycles. The summed E-state index contributed by atoms with van der Waals surface area (Å²) < 4.78 is 0. The zero-order valence-corrected chi connectivity index (χ0v) is 20.2. The molecule has 0 aliphatic heterocycles. The van der Waals surface area contributed by atoms with Crippen LogP contribution in [0.4, 0.5) is 5.69 Å². The summed E-state index contributed by atoms with van der Waals surface area (Å²) >= 11 is 0. The van der Waals surface area contributed by atoms with Crippen LogP contribution >= 0.6 is 0 Å². The van der Waals surface area contributed by atoms with Crippen LogP contribution in [0.25, 0.3) is 6.08 Å². The molecule has 1 amide bonds. The van der Waals surface area contributed by atoms with E-state index in [2.05, 4.69) is 71.9 Å². The number of carbonyl (C=O) groups is 1. The molecule has 0 aliphatic rings. The molecule has 2 heteroatoms. The normalized spacial score (nSPS) is 12.2. The van der Waals surface area contributed by atoms with Gasteiger partial charge in [0, 0.05) is 11.8 Å². The zero-order valence-electron chi connectivity index (χ0n) is 20.2. The molecule has 0 aliphatic carbocycles. The van der Waals surface area contributed by atoms with Gasteiger partial charge in [-0.2, -0.15) is 0 Å². The van der Waals surface area contributed by atoms with E-state index < -0.39 is 0 Å². The van der Waals surface area contributed by atoms with E-state index in [1.54, 1.807) is 6.08 Å². The summed E-state index contributed by atoms with van der Waals surface area (Å²) in [7, 11) is 0. The van der Waals surface area contributed by atoms with Gasteiger partial charge in [-0.1, -0.05) is 114 Å². The minimum atomic E-state index is -0.0931. The molecule has 2 nitrogen and oxygen atoms in total. The zero-order chi connectivity index (χ0) is 23.4. The predicted molar refractivity (Wildman–Crippen MR) is 137 cm³/mol. The number of benzene rings is 3. The average Bonchev–Trinajstić information content (AvgIpc) is 2.75. The highest BCUT2D eigenvalue weighted by atomic mass is 16.2. The van der Waals surface area contributed by atoms with Gasteiger partial charge in [-0.05, 0) is 45.2 Å². The molecule has 0 saturated carbocycles. The van der Waals surface area contributed by atoms with Crippen molar-refractivity contribution in [2.24, 2.45) is 0 Å². The molecule has 0 fully saturated rings. The largest absolute Gasteiger partial charge is 0.304 e. The maximum atomic E-state index is 13.6. The topological polar surface area (TPSA) is 20.3 Å². The van der Waals surface area contributed by atoms with Crippen LogP contribution in [0.5, 0.6) is 0 Å². The molecule has 32 heavy (non-hydrogen) atoms. The van der Waals surface area contributed by atoms with E-state index in [0.29, 0.717) is 6.54 Å². The van der Waals surface area contributed by atoms with Crippen molar-refractivity contribution >= 4 is 17.7 Å². The Labute approximate surface area is 193 Å². The lowest BCUT2D eigenvalue weighted by Gasteiger charge is -2.32. The van der Waals surface area contributed by atoms with Gasteiger partial charge in [0.05, 0.1) is 6.54 Å². The second kappa shape index (κ2) is 9.56. The van der Waals surface area contributed by atoms with Gasteiger partial charge in [0.15, 0.2) is 0 Å². The first kappa shape index (κ1) is 23.5. The third kappa shape index (κ3) is 5.97. The minimum absolute atomic E-state index is 0.00743. The lowest BCUT2D eigenvalue weighted by atomic mass is 9.80. The number of carbonyl (C=O) groups excluding carboxylic acids is 1. The molecule has 0 unspecified atom stereocenters. The van der Waals surface area contributed by atoms with E-state index in [1.807, 2.05) is 59.5 Å². The highest BCUT2D eigenvalue weighted by Gasteiger charge is 2.26. The SMILES string of the molecule is CC(C)(C)c1ccc(C(C)(C)C)c(N(Cc2ccccc2)C(=O)/C=C/c2ccccc2)c1. The minimum Gasteiger partial charge on any atom is -0.304 e. The Morgan fingerprint density at radius 3 is 1.94 bits per heavy atom. The first-order valence-corrected chi connectivity index (χ1v) is 11.3. The summed E-state index contributed by atoms with van der Waals surface area (Å²) in [5, 5.41) is 0. The van der Waals surface area contributed by atoms with Crippen molar-refractivity contribution < 1.29 is 4.79 Å². The second-order valence-corrected chi connectivity index (χ2v) is 10.4. The van der Waals surface area contributed by atoms with Crippen LogP contribution in [-0.4, -0.2) is 5.91 Å². The van der Waals surface area contributed by atoms with Crippen LogP contribution in [0.3, 0.4) is 0 Å². The molecule has 0 N–H and O–H groups in total. The molecule has 3 aromatic carbocycles. The van der Waals surface area contributed by atoms with Crippen molar-refractivity contribution in [3.8, 4) is 0 Å². The van der Waals surface area contributed by atoms with E-state index >= 15 is 0 Å². The first-order chi connectivity index (χ1) is 15.1. The van der Waals surface area contributed by atoms with Gasteiger partial charge in [-0.25, -0.2) is 0 Å². The molecule has 0 aromatic heterocycles. The number of hydrogen-bond acceptors (Lipinski definition) is 1. The summed E-state index contributed by atoms with van der Waals surface area (Å²) in [6.45, 7) is 13.8. The summed E-state index contributed by atoms with van der Waals surface area (Å²) in [4.78, 5) is 15.5. The summed E-state index contributed by atoms with van der Waals surface area (Å²) in [5.74, 6) is -0.0192. The molecule has 0 bridgehead atoms. The van der Waals surface area contributed by atoms with Crippen LogP contribution < -0.4 is 4.90 Å². The fraction of sp³-hybridized carbons (Fsp3) is 0.300. The lowest BCUT2D eigenvalue weighted by molar-refractivity contribution is -0.114. The number of hydrogen-bond donors (Lipinski definition) is 0. The quantitative estimate of drug-likeness (QED) is 0.387. The van der Waals surface area contributed by atoms with E-state index in [4.69, 9.17) is 0 Å². The Balaban J connectivity index is 2.11. The number of amides is 1. The van der Waals surface area contributed by atoms with Crippen LogP contribution in [0, 0.1) is 0 Å². The van der Waals surface area contributed by atoms with Crippen LogP contribution in [0.1, 0.15) is 63.8 Å². The molecular formula is C30H35NO. The Bertz CT molecular complexity index is 1070.